The topological polar surface area (TPSA) is 77.9 Å². The van der Waals surface area contributed by atoms with Gasteiger partial charge in [-0.2, -0.15) is 5.21 Å². The second-order valence-electron chi connectivity index (χ2n) is 4.35. The van der Waals surface area contributed by atoms with Gasteiger partial charge in [0.15, 0.2) is 5.82 Å². The van der Waals surface area contributed by atoms with Gasteiger partial charge in [-0.25, -0.2) is 0 Å². The van der Waals surface area contributed by atoms with E-state index in [1.807, 2.05) is 0 Å². The Bertz CT molecular complexity index is 314. The number of aliphatic hydroxyl groups is 1. The van der Waals surface area contributed by atoms with Gasteiger partial charge in [0.05, 0.1) is 12.1 Å². The smallest absolute Gasteiger partial charge is 0.188 e. The van der Waals surface area contributed by atoms with Gasteiger partial charge < -0.3 is 5.11 Å². The van der Waals surface area contributed by atoms with Gasteiger partial charge in [0.25, 0.3) is 0 Å². The van der Waals surface area contributed by atoms with Crippen LogP contribution in [0.5, 0.6) is 0 Å². The number of aromatic amines is 1. The minimum absolute atomic E-state index is 0.413. The average molecular weight is 195 g/mol. The number of rotatable bonds is 3. The van der Waals surface area contributed by atoms with Crippen LogP contribution in [0.2, 0.25) is 0 Å². The lowest BCUT2D eigenvalue weighted by atomic mass is 9.89. The van der Waals surface area contributed by atoms with Crippen molar-refractivity contribution < 1.29 is 5.11 Å². The molecular formula is C8H13N5O. The summed E-state index contributed by atoms with van der Waals surface area (Å²) in [5.41, 5.74) is -0.413. The first-order valence-electron chi connectivity index (χ1n) is 4.93. The van der Waals surface area contributed by atoms with Gasteiger partial charge in [0.2, 0.25) is 0 Å². The highest BCUT2D eigenvalue weighted by Gasteiger charge is 2.51. The molecule has 2 heterocycles. The number of aromatic nitrogens is 4. The summed E-state index contributed by atoms with van der Waals surface area (Å²) in [6.45, 7) is 2.20. The summed E-state index contributed by atoms with van der Waals surface area (Å²) < 4.78 is 0. The molecule has 1 aliphatic carbocycles. The maximum Gasteiger partial charge on any atom is 0.188 e. The zero-order chi connectivity index (χ0) is 9.60. The minimum atomic E-state index is -0.413. The van der Waals surface area contributed by atoms with Gasteiger partial charge in [-0.3, -0.25) is 4.90 Å². The molecule has 6 nitrogen and oxygen atoms in total. The van der Waals surface area contributed by atoms with E-state index in [2.05, 4.69) is 25.5 Å². The summed E-state index contributed by atoms with van der Waals surface area (Å²) in [4.78, 5) is 2.14. The van der Waals surface area contributed by atoms with Crippen LogP contribution in [0.3, 0.4) is 0 Å². The van der Waals surface area contributed by atoms with E-state index in [-0.39, 0.29) is 0 Å². The first kappa shape index (κ1) is 8.31. The van der Waals surface area contributed by atoms with Crippen LogP contribution in [0.25, 0.3) is 0 Å². The number of likely N-dealkylation sites (tertiary alicyclic amines) is 1. The molecule has 0 atom stereocenters. The molecule has 0 aromatic carbocycles. The largest absolute Gasteiger partial charge is 0.387 e. The van der Waals surface area contributed by atoms with Crippen LogP contribution >= 0.6 is 0 Å². The Labute approximate surface area is 81.3 Å². The van der Waals surface area contributed by atoms with Crippen molar-refractivity contribution in [3.05, 3.63) is 5.82 Å². The summed E-state index contributed by atoms with van der Waals surface area (Å²) in [6.07, 6.45) is 2.37. The van der Waals surface area contributed by atoms with Crippen LogP contribution < -0.4 is 0 Å². The summed E-state index contributed by atoms with van der Waals surface area (Å²) in [7, 11) is 0. The normalized spacial score (nSPS) is 26.1. The van der Waals surface area contributed by atoms with Crippen molar-refractivity contribution >= 4 is 0 Å². The minimum Gasteiger partial charge on any atom is -0.387 e. The standard InChI is InChI=1S/C8H13N5O/c14-8(6-1-2-6)4-13(5-8)3-7-9-11-12-10-7/h6,14H,1-5H2,(H,9,10,11,12). The predicted molar refractivity (Wildman–Crippen MR) is 47.1 cm³/mol. The van der Waals surface area contributed by atoms with Crippen LogP contribution in [0.15, 0.2) is 0 Å². The highest BCUT2D eigenvalue weighted by molar-refractivity contribution is 5.05. The van der Waals surface area contributed by atoms with E-state index < -0.39 is 5.60 Å². The summed E-state index contributed by atoms with van der Waals surface area (Å²) >= 11 is 0. The predicted octanol–water partition coefficient (Wildman–Crippen LogP) is -0.844. The van der Waals surface area contributed by atoms with Crippen LogP contribution in [0.4, 0.5) is 0 Å². The highest BCUT2D eigenvalue weighted by atomic mass is 16.3. The molecule has 0 radical (unpaired) electrons. The summed E-state index contributed by atoms with van der Waals surface area (Å²) in [5, 5.41) is 23.7. The Hall–Kier alpha value is -1.01. The van der Waals surface area contributed by atoms with E-state index in [1.165, 1.54) is 12.8 Å². The van der Waals surface area contributed by atoms with E-state index in [9.17, 15) is 5.11 Å². The Balaban J connectivity index is 1.54. The lowest BCUT2D eigenvalue weighted by Gasteiger charge is -2.46. The third kappa shape index (κ3) is 1.31. The van der Waals surface area contributed by atoms with Crippen molar-refractivity contribution in [1.82, 2.24) is 25.5 Å². The molecule has 14 heavy (non-hydrogen) atoms. The monoisotopic (exact) mass is 195 g/mol. The molecule has 0 spiro atoms. The number of tetrazole rings is 1. The van der Waals surface area contributed by atoms with E-state index in [0.29, 0.717) is 18.3 Å². The number of nitrogens with one attached hydrogen (secondary N) is 1. The molecule has 1 aliphatic heterocycles. The lowest BCUT2D eigenvalue weighted by molar-refractivity contribution is -0.117. The molecule has 0 amide bonds. The van der Waals surface area contributed by atoms with Crippen molar-refractivity contribution in [3.8, 4) is 0 Å². The number of hydrogen-bond acceptors (Lipinski definition) is 5. The van der Waals surface area contributed by atoms with Gasteiger partial charge in [0, 0.05) is 13.1 Å². The van der Waals surface area contributed by atoms with Gasteiger partial charge in [0.1, 0.15) is 0 Å². The average Bonchev–Trinajstić information content (AvgIpc) is 2.84. The molecular weight excluding hydrogens is 182 g/mol. The molecule has 0 bridgehead atoms. The van der Waals surface area contributed by atoms with Crippen molar-refractivity contribution in [2.75, 3.05) is 13.1 Å². The maximum atomic E-state index is 10.0. The number of nitrogens with zero attached hydrogens (tertiary/aromatic N) is 4. The first-order chi connectivity index (χ1) is 6.76. The molecule has 0 unspecified atom stereocenters. The van der Waals surface area contributed by atoms with Crippen LogP contribution in [-0.4, -0.2) is 49.3 Å². The molecule has 3 rings (SSSR count). The van der Waals surface area contributed by atoms with Crippen LogP contribution in [0, 0.1) is 5.92 Å². The number of hydrogen-bond donors (Lipinski definition) is 2. The second-order valence-corrected chi connectivity index (χ2v) is 4.35. The fourth-order valence-corrected chi connectivity index (χ4v) is 2.17. The molecule has 1 aromatic heterocycles. The van der Waals surface area contributed by atoms with Crippen molar-refractivity contribution in [1.29, 1.82) is 0 Å². The Morgan fingerprint density at radius 1 is 1.50 bits per heavy atom. The van der Waals surface area contributed by atoms with E-state index in [0.717, 1.165) is 13.1 Å². The van der Waals surface area contributed by atoms with Crippen molar-refractivity contribution in [2.24, 2.45) is 5.92 Å². The molecule has 2 N–H and O–H groups in total. The van der Waals surface area contributed by atoms with Gasteiger partial charge in [-0.15, -0.1) is 10.2 Å². The van der Waals surface area contributed by atoms with Crippen molar-refractivity contribution in [3.63, 3.8) is 0 Å². The molecule has 1 aromatic rings. The van der Waals surface area contributed by atoms with Crippen LogP contribution in [0.1, 0.15) is 18.7 Å². The van der Waals surface area contributed by atoms with E-state index in [1.54, 1.807) is 0 Å². The SMILES string of the molecule is OC1(C2CC2)CN(Cc2nn[nH]n2)C1. The van der Waals surface area contributed by atoms with Gasteiger partial charge in [-0.1, -0.05) is 5.21 Å². The fourth-order valence-electron chi connectivity index (χ4n) is 2.17. The molecule has 1 saturated carbocycles. The highest BCUT2D eigenvalue weighted by Crippen LogP contribution is 2.44. The third-order valence-corrected chi connectivity index (χ3v) is 3.09. The molecule has 6 heteroatoms. The molecule has 2 fully saturated rings. The van der Waals surface area contributed by atoms with Gasteiger partial charge >= 0.3 is 0 Å². The quantitative estimate of drug-likeness (QED) is 0.657. The Kier molecular flexibility index (Phi) is 1.63. The Morgan fingerprint density at radius 3 is 2.86 bits per heavy atom. The summed E-state index contributed by atoms with van der Waals surface area (Å²) in [6, 6.07) is 0. The number of H-pyrrole nitrogens is 1. The van der Waals surface area contributed by atoms with Crippen molar-refractivity contribution in [2.45, 2.75) is 25.0 Å². The van der Waals surface area contributed by atoms with Gasteiger partial charge in [-0.05, 0) is 18.8 Å². The summed E-state index contributed by atoms with van der Waals surface area (Å²) in [5.74, 6) is 1.24. The zero-order valence-electron chi connectivity index (χ0n) is 7.85. The lowest BCUT2D eigenvalue weighted by Crippen LogP contribution is -2.62. The maximum absolute atomic E-state index is 10.0. The van der Waals surface area contributed by atoms with E-state index in [4.69, 9.17) is 0 Å². The van der Waals surface area contributed by atoms with E-state index >= 15 is 0 Å². The first-order valence-corrected chi connectivity index (χ1v) is 4.93. The third-order valence-electron chi connectivity index (χ3n) is 3.09. The molecule has 76 valence electrons. The zero-order valence-corrected chi connectivity index (χ0v) is 7.85. The second kappa shape index (κ2) is 2.74. The molecule has 2 aliphatic rings. The fraction of sp³-hybridized carbons (Fsp3) is 0.875. The molecule has 1 saturated heterocycles. The Morgan fingerprint density at radius 2 is 2.29 bits per heavy atom. The van der Waals surface area contributed by atoms with Crippen LogP contribution in [-0.2, 0) is 6.54 Å². The number of β-amino-alcohol motifs (C(OH)–C–C–N with tert-alkyl or cyclic N) is 1.